The quantitative estimate of drug-likeness (QED) is 0.880. The molecule has 0 amide bonds. The lowest BCUT2D eigenvalue weighted by Crippen LogP contribution is -2.12. The molecule has 0 saturated carbocycles. The van der Waals surface area contributed by atoms with E-state index in [1.165, 1.54) is 0 Å². The Morgan fingerprint density at radius 2 is 2.12 bits per heavy atom. The first kappa shape index (κ1) is 11.7. The minimum atomic E-state index is 0.0958. The second-order valence-electron chi connectivity index (χ2n) is 3.77. The van der Waals surface area contributed by atoms with Crippen LogP contribution in [0.4, 0.5) is 0 Å². The number of oxazole rings is 1. The van der Waals surface area contributed by atoms with Crippen LogP contribution < -0.4 is 10.1 Å². The molecule has 1 unspecified atom stereocenters. The third kappa shape index (κ3) is 2.31. The monoisotopic (exact) mass is 232 g/mol. The molecule has 1 N–H and O–H groups in total. The summed E-state index contributed by atoms with van der Waals surface area (Å²) >= 11 is 0. The molecule has 1 atom stereocenters. The van der Waals surface area contributed by atoms with E-state index in [0.717, 1.165) is 17.1 Å². The smallest absolute Gasteiger partial charge is 0.211 e. The van der Waals surface area contributed by atoms with Gasteiger partial charge in [-0.2, -0.15) is 0 Å². The van der Waals surface area contributed by atoms with E-state index in [1.54, 1.807) is 13.3 Å². The molecule has 0 radical (unpaired) electrons. The van der Waals surface area contributed by atoms with Crippen molar-refractivity contribution in [2.45, 2.75) is 13.0 Å². The molecule has 90 valence electrons. The lowest BCUT2D eigenvalue weighted by Gasteiger charge is -2.06. The molecule has 0 spiro atoms. The van der Waals surface area contributed by atoms with Crippen LogP contribution in [0.1, 0.15) is 18.9 Å². The van der Waals surface area contributed by atoms with Crippen LogP contribution >= 0.6 is 0 Å². The molecule has 17 heavy (non-hydrogen) atoms. The third-order valence-corrected chi connectivity index (χ3v) is 2.70. The summed E-state index contributed by atoms with van der Waals surface area (Å²) in [5.41, 5.74) is 0.914. The fraction of sp³-hybridized carbons (Fsp3) is 0.308. The van der Waals surface area contributed by atoms with Crippen LogP contribution in [0.15, 0.2) is 34.9 Å². The summed E-state index contributed by atoms with van der Waals surface area (Å²) in [4.78, 5) is 4.25. The number of methoxy groups -OCH3 is 1. The number of ether oxygens (including phenoxy) is 1. The van der Waals surface area contributed by atoms with Gasteiger partial charge in [-0.1, -0.05) is 12.1 Å². The van der Waals surface area contributed by atoms with E-state index >= 15 is 0 Å². The topological polar surface area (TPSA) is 47.3 Å². The minimum Gasteiger partial charge on any atom is -0.496 e. The van der Waals surface area contributed by atoms with Crippen molar-refractivity contribution in [2.24, 2.45) is 0 Å². The fourth-order valence-corrected chi connectivity index (χ4v) is 1.58. The lowest BCUT2D eigenvalue weighted by atomic mass is 10.1. The Bertz CT molecular complexity index is 494. The molecule has 0 aliphatic carbocycles. The second-order valence-corrected chi connectivity index (χ2v) is 3.77. The number of nitrogens with one attached hydrogen (secondary N) is 1. The van der Waals surface area contributed by atoms with Gasteiger partial charge in [-0.15, -0.1) is 0 Å². The third-order valence-electron chi connectivity index (χ3n) is 2.70. The van der Waals surface area contributed by atoms with Crippen LogP contribution in [-0.4, -0.2) is 19.1 Å². The Labute approximate surface area is 101 Å². The van der Waals surface area contributed by atoms with Crippen molar-refractivity contribution >= 4 is 0 Å². The van der Waals surface area contributed by atoms with Crippen LogP contribution in [0, 0.1) is 0 Å². The van der Waals surface area contributed by atoms with E-state index in [2.05, 4.69) is 10.3 Å². The van der Waals surface area contributed by atoms with Crippen LogP contribution in [-0.2, 0) is 0 Å². The van der Waals surface area contributed by atoms with Crippen molar-refractivity contribution in [1.82, 2.24) is 10.3 Å². The van der Waals surface area contributed by atoms with Crippen molar-refractivity contribution in [1.29, 1.82) is 0 Å². The van der Waals surface area contributed by atoms with Crippen LogP contribution in [0.3, 0.4) is 0 Å². The number of rotatable bonds is 4. The largest absolute Gasteiger partial charge is 0.496 e. The van der Waals surface area contributed by atoms with Gasteiger partial charge in [0.2, 0.25) is 5.89 Å². The molecule has 0 bridgehead atoms. The lowest BCUT2D eigenvalue weighted by molar-refractivity contribution is 0.410. The van der Waals surface area contributed by atoms with Crippen LogP contribution in [0.5, 0.6) is 5.75 Å². The highest BCUT2D eigenvalue weighted by molar-refractivity contribution is 5.64. The standard InChI is InChI=1S/C13H16N2O2/c1-9(14-2)13-15-8-12(17-13)10-6-4-5-7-11(10)16-3/h4-9,14H,1-3H3. The molecule has 2 aromatic rings. The zero-order valence-electron chi connectivity index (χ0n) is 10.2. The van der Waals surface area contributed by atoms with Crippen molar-refractivity contribution in [3.05, 3.63) is 36.4 Å². The van der Waals surface area contributed by atoms with Crippen molar-refractivity contribution in [3.63, 3.8) is 0 Å². The summed E-state index contributed by atoms with van der Waals surface area (Å²) < 4.78 is 11.0. The van der Waals surface area contributed by atoms with Gasteiger partial charge in [-0.3, -0.25) is 0 Å². The van der Waals surface area contributed by atoms with Gasteiger partial charge in [0, 0.05) is 0 Å². The minimum absolute atomic E-state index is 0.0958. The summed E-state index contributed by atoms with van der Waals surface area (Å²) in [5, 5.41) is 3.09. The number of hydrogen-bond donors (Lipinski definition) is 1. The molecule has 2 rings (SSSR count). The summed E-state index contributed by atoms with van der Waals surface area (Å²) in [6.45, 7) is 2.00. The fourth-order valence-electron chi connectivity index (χ4n) is 1.58. The Morgan fingerprint density at radius 1 is 1.35 bits per heavy atom. The zero-order chi connectivity index (χ0) is 12.3. The van der Waals surface area contributed by atoms with Gasteiger partial charge < -0.3 is 14.5 Å². The SMILES string of the molecule is CNC(C)c1ncc(-c2ccccc2OC)o1. The van der Waals surface area contributed by atoms with E-state index in [4.69, 9.17) is 9.15 Å². The molecular formula is C13H16N2O2. The molecule has 1 heterocycles. The Hall–Kier alpha value is -1.81. The summed E-state index contributed by atoms with van der Waals surface area (Å²) in [6.07, 6.45) is 1.72. The van der Waals surface area contributed by atoms with Gasteiger partial charge in [-0.05, 0) is 26.1 Å². The van der Waals surface area contributed by atoms with E-state index in [1.807, 2.05) is 38.2 Å². The highest BCUT2D eigenvalue weighted by atomic mass is 16.5. The number of para-hydroxylation sites is 1. The first-order valence-corrected chi connectivity index (χ1v) is 5.52. The van der Waals surface area contributed by atoms with E-state index in [9.17, 15) is 0 Å². The molecule has 0 saturated heterocycles. The summed E-state index contributed by atoms with van der Waals surface area (Å²) in [5.74, 6) is 2.18. The maximum absolute atomic E-state index is 5.71. The summed E-state index contributed by atoms with van der Waals surface area (Å²) in [7, 11) is 3.52. The van der Waals surface area contributed by atoms with Crippen LogP contribution in [0.25, 0.3) is 11.3 Å². The first-order valence-electron chi connectivity index (χ1n) is 5.52. The van der Waals surface area contributed by atoms with E-state index in [-0.39, 0.29) is 6.04 Å². The highest BCUT2D eigenvalue weighted by Gasteiger charge is 2.13. The molecule has 0 aliphatic heterocycles. The van der Waals surface area contributed by atoms with Crippen molar-refractivity contribution < 1.29 is 9.15 Å². The summed E-state index contributed by atoms with van der Waals surface area (Å²) in [6, 6.07) is 7.82. The Balaban J connectivity index is 2.37. The Kier molecular flexibility index (Phi) is 3.44. The number of benzene rings is 1. The van der Waals surface area contributed by atoms with Gasteiger partial charge in [-0.25, -0.2) is 4.98 Å². The second kappa shape index (κ2) is 5.01. The maximum Gasteiger partial charge on any atom is 0.211 e. The van der Waals surface area contributed by atoms with E-state index in [0.29, 0.717) is 5.89 Å². The number of aromatic nitrogens is 1. The predicted molar refractivity (Wildman–Crippen MR) is 66.0 cm³/mol. The average molecular weight is 232 g/mol. The average Bonchev–Trinajstić information content (AvgIpc) is 2.87. The molecule has 4 nitrogen and oxygen atoms in total. The van der Waals surface area contributed by atoms with Gasteiger partial charge in [0.05, 0.1) is 24.9 Å². The Morgan fingerprint density at radius 3 is 2.82 bits per heavy atom. The van der Waals surface area contributed by atoms with E-state index < -0.39 is 0 Å². The molecule has 1 aromatic heterocycles. The van der Waals surface area contributed by atoms with Gasteiger partial charge in [0.1, 0.15) is 5.75 Å². The molecule has 1 aromatic carbocycles. The van der Waals surface area contributed by atoms with Gasteiger partial charge in [0.15, 0.2) is 5.76 Å². The molecule has 0 fully saturated rings. The molecule has 0 aliphatic rings. The predicted octanol–water partition coefficient (Wildman–Crippen LogP) is 2.63. The van der Waals surface area contributed by atoms with Gasteiger partial charge >= 0.3 is 0 Å². The van der Waals surface area contributed by atoms with Crippen LogP contribution in [0.2, 0.25) is 0 Å². The molecule has 4 heteroatoms. The first-order chi connectivity index (χ1) is 8.26. The van der Waals surface area contributed by atoms with Gasteiger partial charge in [0.25, 0.3) is 0 Å². The normalized spacial score (nSPS) is 12.4. The number of nitrogens with zero attached hydrogens (tertiary/aromatic N) is 1. The van der Waals surface area contributed by atoms with Crippen molar-refractivity contribution in [3.8, 4) is 17.1 Å². The maximum atomic E-state index is 5.71. The zero-order valence-corrected chi connectivity index (χ0v) is 10.2. The van der Waals surface area contributed by atoms with Crippen molar-refractivity contribution in [2.75, 3.05) is 14.2 Å². The number of hydrogen-bond acceptors (Lipinski definition) is 4. The highest BCUT2D eigenvalue weighted by Crippen LogP contribution is 2.30. The molecular weight excluding hydrogens is 216 g/mol.